The zero-order chi connectivity index (χ0) is 13.3. The maximum Gasteiger partial charge on any atom is 0.264 e. The molecule has 1 aliphatic heterocycles. The standard InChI is InChI=1S/C13H11N3O2/c1-16(2)13(18)9(7-14)11-8-5-3-4-6-10(8)15-12(11)17/h3-6H,1-2H3,(H,15,17). The van der Waals surface area contributed by atoms with Gasteiger partial charge in [0.25, 0.3) is 11.8 Å². The molecule has 1 N–H and O–H groups in total. The average Bonchev–Trinajstić information content (AvgIpc) is 2.67. The highest BCUT2D eigenvalue weighted by atomic mass is 16.2. The van der Waals surface area contributed by atoms with Gasteiger partial charge in [0.05, 0.1) is 5.57 Å². The second-order valence-corrected chi connectivity index (χ2v) is 4.06. The SMILES string of the molecule is CN(C)C(=O)C(C#N)=C1C(=O)Nc2ccccc21. The molecule has 0 aliphatic carbocycles. The Bertz CT molecular complexity index is 609. The number of hydrogen-bond donors (Lipinski definition) is 1. The first-order chi connectivity index (χ1) is 8.56. The minimum Gasteiger partial charge on any atom is -0.344 e. The summed E-state index contributed by atoms with van der Waals surface area (Å²) in [6.07, 6.45) is 0. The number of para-hydroxylation sites is 1. The Morgan fingerprint density at radius 3 is 2.61 bits per heavy atom. The smallest absolute Gasteiger partial charge is 0.264 e. The first-order valence-electron chi connectivity index (χ1n) is 5.33. The van der Waals surface area contributed by atoms with Crippen LogP contribution in [0, 0.1) is 11.3 Å². The van der Waals surface area contributed by atoms with Crippen LogP contribution in [0.2, 0.25) is 0 Å². The highest BCUT2D eigenvalue weighted by Crippen LogP contribution is 2.33. The second kappa shape index (κ2) is 4.34. The Morgan fingerprint density at radius 1 is 1.33 bits per heavy atom. The number of rotatable bonds is 1. The van der Waals surface area contributed by atoms with Gasteiger partial charge in [0, 0.05) is 25.3 Å². The zero-order valence-electron chi connectivity index (χ0n) is 10.0. The number of likely N-dealkylation sites (N-methyl/N-ethyl adjacent to an activating group) is 1. The molecule has 1 aliphatic rings. The molecule has 2 amide bonds. The summed E-state index contributed by atoms with van der Waals surface area (Å²) in [5, 5.41) is 11.8. The van der Waals surface area contributed by atoms with E-state index in [-0.39, 0.29) is 11.1 Å². The normalized spacial score (nSPS) is 15.5. The summed E-state index contributed by atoms with van der Waals surface area (Å²) in [5.41, 5.74) is 1.22. The van der Waals surface area contributed by atoms with Gasteiger partial charge in [0.2, 0.25) is 0 Å². The first kappa shape index (κ1) is 11.9. The lowest BCUT2D eigenvalue weighted by atomic mass is 10.0. The van der Waals surface area contributed by atoms with Crippen LogP contribution in [0.15, 0.2) is 29.8 Å². The van der Waals surface area contributed by atoms with Crippen molar-refractivity contribution >= 4 is 23.1 Å². The van der Waals surface area contributed by atoms with E-state index in [0.29, 0.717) is 11.3 Å². The predicted octanol–water partition coefficient (Wildman–Crippen LogP) is 1.00. The fourth-order valence-corrected chi connectivity index (χ4v) is 1.80. The number of amides is 2. The fraction of sp³-hybridized carbons (Fsp3) is 0.154. The summed E-state index contributed by atoms with van der Waals surface area (Å²) in [5.74, 6) is -0.887. The van der Waals surface area contributed by atoms with E-state index in [2.05, 4.69) is 5.32 Å². The molecule has 5 nitrogen and oxygen atoms in total. The minimum absolute atomic E-state index is 0.137. The average molecular weight is 241 g/mol. The van der Waals surface area contributed by atoms with Crippen molar-refractivity contribution in [3.8, 4) is 6.07 Å². The Morgan fingerprint density at radius 2 is 2.00 bits per heavy atom. The Hall–Kier alpha value is -2.61. The molecule has 0 saturated heterocycles. The molecule has 0 fully saturated rings. The van der Waals surface area contributed by atoms with E-state index in [1.807, 2.05) is 6.07 Å². The molecule has 2 rings (SSSR count). The van der Waals surface area contributed by atoms with Gasteiger partial charge < -0.3 is 10.2 Å². The third-order valence-corrected chi connectivity index (χ3v) is 2.65. The van der Waals surface area contributed by atoms with E-state index in [4.69, 9.17) is 5.26 Å². The number of hydrogen-bond acceptors (Lipinski definition) is 3. The summed E-state index contributed by atoms with van der Waals surface area (Å²) in [6.45, 7) is 0. The van der Waals surface area contributed by atoms with Crippen molar-refractivity contribution < 1.29 is 9.59 Å². The molecule has 0 unspecified atom stereocenters. The van der Waals surface area contributed by atoms with Crippen molar-refractivity contribution in [2.45, 2.75) is 0 Å². The molecule has 1 aromatic carbocycles. The number of nitrogens with one attached hydrogen (secondary N) is 1. The number of fused-ring (bicyclic) bond motifs is 1. The van der Waals surface area contributed by atoms with Crippen LogP contribution in [-0.2, 0) is 9.59 Å². The Kier molecular flexibility index (Phi) is 2.86. The van der Waals surface area contributed by atoms with E-state index >= 15 is 0 Å². The maximum atomic E-state index is 11.9. The van der Waals surface area contributed by atoms with Crippen molar-refractivity contribution in [1.29, 1.82) is 5.26 Å². The molecular weight excluding hydrogens is 230 g/mol. The van der Waals surface area contributed by atoms with Gasteiger partial charge in [0.1, 0.15) is 11.6 Å². The van der Waals surface area contributed by atoms with Gasteiger partial charge in [-0.2, -0.15) is 5.26 Å². The van der Waals surface area contributed by atoms with E-state index in [9.17, 15) is 9.59 Å². The quantitative estimate of drug-likeness (QED) is 0.589. The van der Waals surface area contributed by atoms with E-state index in [0.717, 1.165) is 0 Å². The lowest BCUT2D eigenvalue weighted by Gasteiger charge is -2.10. The van der Waals surface area contributed by atoms with E-state index in [1.165, 1.54) is 4.90 Å². The molecule has 0 aromatic heterocycles. The van der Waals surface area contributed by atoms with Gasteiger partial charge in [-0.1, -0.05) is 18.2 Å². The molecule has 1 aromatic rings. The monoisotopic (exact) mass is 241 g/mol. The molecular formula is C13H11N3O2. The van der Waals surface area contributed by atoms with Crippen molar-refractivity contribution in [3.63, 3.8) is 0 Å². The van der Waals surface area contributed by atoms with Gasteiger partial charge in [-0.25, -0.2) is 0 Å². The summed E-state index contributed by atoms with van der Waals surface area (Å²) in [7, 11) is 3.08. The topological polar surface area (TPSA) is 73.2 Å². The van der Waals surface area contributed by atoms with Crippen LogP contribution in [0.5, 0.6) is 0 Å². The maximum absolute atomic E-state index is 11.9. The number of nitriles is 1. The van der Waals surface area contributed by atoms with Crippen molar-refractivity contribution in [3.05, 3.63) is 35.4 Å². The van der Waals surface area contributed by atoms with Crippen molar-refractivity contribution in [2.24, 2.45) is 0 Å². The molecule has 0 radical (unpaired) electrons. The highest BCUT2D eigenvalue weighted by Gasteiger charge is 2.30. The zero-order valence-corrected chi connectivity index (χ0v) is 10.0. The fourth-order valence-electron chi connectivity index (χ4n) is 1.80. The number of carbonyl (C=O) groups is 2. The summed E-state index contributed by atoms with van der Waals surface area (Å²) < 4.78 is 0. The third kappa shape index (κ3) is 1.74. The van der Waals surface area contributed by atoms with Gasteiger partial charge in [-0.15, -0.1) is 0 Å². The minimum atomic E-state index is -0.473. The van der Waals surface area contributed by atoms with Crippen LogP contribution in [0.3, 0.4) is 0 Å². The summed E-state index contributed by atoms with van der Waals surface area (Å²) in [6, 6.07) is 8.80. The highest BCUT2D eigenvalue weighted by molar-refractivity contribution is 6.36. The number of carbonyl (C=O) groups excluding carboxylic acids is 2. The van der Waals surface area contributed by atoms with Gasteiger partial charge in [-0.3, -0.25) is 9.59 Å². The van der Waals surface area contributed by atoms with Gasteiger partial charge in [-0.05, 0) is 6.07 Å². The number of nitrogens with zero attached hydrogens (tertiary/aromatic N) is 2. The molecule has 5 heteroatoms. The van der Waals surface area contributed by atoms with Crippen LogP contribution < -0.4 is 5.32 Å². The van der Waals surface area contributed by atoms with Crippen LogP contribution in [0.25, 0.3) is 5.57 Å². The second-order valence-electron chi connectivity index (χ2n) is 4.06. The lowest BCUT2D eigenvalue weighted by Crippen LogP contribution is -2.24. The summed E-state index contributed by atoms with van der Waals surface area (Å²) >= 11 is 0. The van der Waals surface area contributed by atoms with Crippen molar-refractivity contribution in [2.75, 3.05) is 19.4 Å². The molecule has 18 heavy (non-hydrogen) atoms. The number of benzene rings is 1. The Labute approximate surface area is 104 Å². The number of anilines is 1. The van der Waals surface area contributed by atoms with Gasteiger partial charge in [0.15, 0.2) is 0 Å². The molecule has 0 spiro atoms. The van der Waals surface area contributed by atoms with Gasteiger partial charge >= 0.3 is 0 Å². The lowest BCUT2D eigenvalue weighted by molar-refractivity contribution is -0.124. The molecule has 0 atom stereocenters. The largest absolute Gasteiger partial charge is 0.344 e. The molecule has 0 bridgehead atoms. The van der Waals surface area contributed by atoms with E-state index in [1.54, 1.807) is 38.4 Å². The molecule has 1 heterocycles. The molecule has 90 valence electrons. The Balaban J connectivity index is 2.66. The predicted molar refractivity (Wildman–Crippen MR) is 66.3 cm³/mol. The first-order valence-corrected chi connectivity index (χ1v) is 5.33. The molecule has 0 saturated carbocycles. The van der Waals surface area contributed by atoms with Crippen molar-refractivity contribution in [1.82, 2.24) is 4.90 Å². The van der Waals surface area contributed by atoms with Crippen LogP contribution >= 0.6 is 0 Å². The van der Waals surface area contributed by atoms with E-state index < -0.39 is 11.8 Å². The van der Waals surface area contributed by atoms with Crippen LogP contribution in [-0.4, -0.2) is 30.8 Å². The van der Waals surface area contributed by atoms with Crippen LogP contribution in [0.4, 0.5) is 5.69 Å². The van der Waals surface area contributed by atoms with Crippen LogP contribution in [0.1, 0.15) is 5.56 Å². The summed E-state index contributed by atoms with van der Waals surface area (Å²) in [4.78, 5) is 25.0. The third-order valence-electron chi connectivity index (χ3n) is 2.65.